The summed E-state index contributed by atoms with van der Waals surface area (Å²) < 4.78 is 5.45. The van der Waals surface area contributed by atoms with Gasteiger partial charge in [-0.2, -0.15) is 5.26 Å². The summed E-state index contributed by atoms with van der Waals surface area (Å²) in [5.41, 5.74) is 4.20. The van der Waals surface area contributed by atoms with Gasteiger partial charge in [-0.25, -0.2) is 0 Å². The number of hydrogen-bond donors (Lipinski definition) is 1. The van der Waals surface area contributed by atoms with Crippen molar-refractivity contribution in [1.29, 1.82) is 5.26 Å². The van der Waals surface area contributed by atoms with E-state index in [0.717, 1.165) is 33.6 Å². The summed E-state index contributed by atoms with van der Waals surface area (Å²) in [6, 6.07) is 15.9. The fourth-order valence-corrected chi connectivity index (χ4v) is 2.47. The Kier molecular flexibility index (Phi) is 4.11. The first-order valence-corrected chi connectivity index (χ1v) is 7.50. The van der Waals surface area contributed by atoms with E-state index in [1.54, 1.807) is 6.20 Å². The van der Waals surface area contributed by atoms with Crippen molar-refractivity contribution < 1.29 is 4.74 Å². The summed E-state index contributed by atoms with van der Waals surface area (Å²) in [4.78, 5) is 4.35. The van der Waals surface area contributed by atoms with Crippen molar-refractivity contribution in [2.75, 3.05) is 11.9 Å². The van der Waals surface area contributed by atoms with Crippen molar-refractivity contribution in [2.45, 2.75) is 13.8 Å². The molecule has 2 aromatic carbocycles. The van der Waals surface area contributed by atoms with Crippen LogP contribution >= 0.6 is 0 Å². The highest BCUT2D eigenvalue weighted by Gasteiger charge is 2.09. The number of anilines is 2. The van der Waals surface area contributed by atoms with E-state index in [2.05, 4.69) is 16.4 Å². The Morgan fingerprint density at radius 2 is 1.96 bits per heavy atom. The highest BCUT2D eigenvalue weighted by atomic mass is 16.5. The molecule has 0 radical (unpaired) electrons. The third kappa shape index (κ3) is 3.09. The van der Waals surface area contributed by atoms with Gasteiger partial charge in [0.05, 0.1) is 23.4 Å². The van der Waals surface area contributed by atoms with Gasteiger partial charge < -0.3 is 10.1 Å². The van der Waals surface area contributed by atoms with Crippen molar-refractivity contribution in [2.24, 2.45) is 0 Å². The smallest absolute Gasteiger partial charge is 0.119 e. The number of rotatable bonds is 4. The molecule has 0 fully saturated rings. The van der Waals surface area contributed by atoms with E-state index in [0.29, 0.717) is 12.2 Å². The van der Waals surface area contributed by atoms with Crippen LogP contribution in [0.15, 0.2) is 48.7 Å². The van der Waals surface area contributed by atoms with Crippen LogP contribution in [0.4, 0.5) is 11.4 Å². The molecule has 0 aliphatic carbocycles. The van der Waals surface area contributed by atoms with Crippen molar-refractivity contribution >= 4 is 22.3 Å². The van der Waals surface area contributed by atoms with Crippen LogP contribution in [0, 0.1) is 18.3 Å². The molecule has 1 aromatic heterocycles. The SMILES string of the molecule is CCOc1ccc(Nc2c(C#N)cnc3ccc(C)cc23)cc1. The number of fused-ring (bicyclic) bond motifs is 1. The van der Waals surface area contributed by atoms with Gasteiger partial charge in [-0.1, -0.05) is 11.6 Å². The number of nitrogens with one attached hydrogen (secondary N) is 1. The van der Waals surface area contributed by atoms with Crippen LogP contribution in [0.1, 0.15) is 18.1 Å². The molecule has 0 aliphatic heterocycles. The zero-order valence-corrected chi connectivity index (χ0v) is 13.1. The molecule has 4 heteroatoms. The summed E-state index contributed by atoms with van der Waals surface area (Å²) >= 11 is 0. The quantitative estimate of drug-likeness (QED) is 0.767. The molecule has 0 spiro atoms. The molecule has 1 N–H and O–H groups in total. The van der Waals surface area contributed by atoms with E-state index in [-0.39, 0.29) is 0 Å². The van der Waals surface area contributed by atoms with Crippen molar-refractivity contribution in [1.82, 2.24) is 4.98 Å². The van der Waals surface area contributed by atoms with E-state index in [1.165, 1.54) is 0 Å². The number of pyridine rings is 1. The first-order valence-electron chi connectivity index (χ1n) is 7.50. The van der Waals surface area contributed by atoms with Gasteiger partial charge in [-0.15, -0.1) is 0 Å². The third-order valence-corrected chi connectivity index (χ3v) is 3.58. The molecule has 23 heavy (non-hydrogen) atoms. The average molecular weight is 303 g/mol. The van der Waals surface area contributed by atoms with Crippen LogP contribution in [0.2, 0.25) is 0 Å². The molecule has 3 rings (SSSR count). The van der Waals surface area contributed by atoms with Gasteiger partial charge in [0, 0.05) is 17.3 Å². The number of hydrogen-bond acceptors (Lipinski definition) is 4. The summed E-state index contributed by atoms with van der Waals surface area (Å²) in [7, 11) is 0. The number of nitriles is 1. The van der Waals surface area contributed by atoms with Gasteiger partial charge >= 0.3 is 0 Å². The van der Waals surface area contributed by atoms with Crippen LogP contribution in [-0.2, 0) is 0 Å². The number of benzene rings is 2. The minimum Gasteiger partial charge on any atom is -0.494 e. The molecule has 0 unspecified atom stereocenters. The highest BCUT2D eigenvalue weighted by Crippen LogP contribution is 2.30. The molecule has 1 heterocycles. The van der Waals surface area contributed by atoms with Gasteiger partial charge in [-0.3, -0.25) is 4.98 Å². The molecule has 0 saturated carbocycles. The van der Waals surface area contributed by atoms with Gasteiger partial charge in [0.25, 0.3) is 0 Å². The maximum atomic E-state index is 9.39. The third-order valence-electron chi connectivity index (χ3n) is 3.58. The maximum Gasteiger partial charge on any atom is 0.119 e. The summed E-state index contributed by atoms with van der Waals surface area (Å²) in [5, 5.41) is 13.7. The standard InChI is InChI=1S/C19H17N3O/c1-3-23-16-7-5-15(6-8-16)22-19-14(11-20)12-21-18-9-4-13(2)10-17(18)19/h4-10,12H,3H2,1-2H3,(H,21,22). The van der Waals surface area contributed by atoms with E-state index in [9.17, 15) is 5.26 Å². The zero-order valence-electron chi connectivity index (χ0n) is 13.1. The van der Waals surface area contributed by atoms with E-state index in [1.807, 2.05) is 56.3 Å². The van der Waals surface area contributed by atoms with Crippen LogP contribution in [0.25, 0.3) is 10.9 Å². The van der Waals surface area contributed by atoms with Gasteiger partial charge in [-0.05, 0) is 50.2 Å². The van der Waals surface area contributed by atoms with Crippen molar-refractivity contribution in [3.05, 3.63) is 59.8 Å². The first-order chi connectivity index (χ1) is 11.2. The number of nitrogens with zero attached hydrogens (tertiary/aromatic N) is 2. The number of aromatic nitrogens is 1. The Hall–Kier alpha value is -3.06. The molecule has 3 aromatic rings. The van der Waals surface area contributed by atoms with Crippen LogP contribution in [-0.4, -0.2) is 11.6 Å². The van der Waals surface area contributed by atoms with Crippen LogP contribution < -0.4 is 10.1 Å². The zero-order chi connectivity index (χ0) is 16.2. The van der Waals surface area contributed by atoms with Gasteiger partial charge in [0.2, 0.25) is 0 Å². The molecular formula is C19H17N3O. The second-order valence-corrected chi connectivity index (χ2v) is 5.26. The minimum absolute atomic E-state index is 0.525. The summed E-state index contributed by atoms with van der Waals surface area (Å²) in [5.74, 6) is 0.828. The monoisotopic (exact) mass is 303 g/mol. The maximum absolute atomic E-state index is 9.39. The van der Waals surface area contributed by atoms with Crippen molar-refractivity contribution in [3.63, 3.8) is 0 Å². The number of ether oxygens (including phenoxy) is 1. The summed E-state index contributed by atoms with van der Waals surface area (Å²) in [6.45, 7) is 4.62. The van der Waals surface area contributed by atoms with E-state index >= 15 is 0 Å². The topological polar surface area (TPSA) is 57.9 Å². The lowest BCUT2D eigenvalue weighted by Crippen LogP contribution is -1.97. The first kappa shape index (κ1) is 14.9. The van der Waals surface area contributed by atoms with E-state index in [4.69, 9.17) is 4.74 Å². The summed E-state index contributed by atoms with van der Waals surface area (Å²) in [6.07, 6.45) is 1.61. The molecule has 4 nitrogen and oxygen atoms in total. The minimum atomic E-state index is 0.525. The molecule has 0 bridgehead atoms. The predicted octanol–water partition coefficient (Wildman–Crippen LogP) is 4.56. The van der Waals surface area contributed by atoms with Gasteiger partial charge in [0.1, 0.15) is 11.8 Å². The lowest BCUT2D eigenvalue weighted by atomic mass is 10.1. The lowest BCUT2D eigenvalue weighted by molar-refractivity contribution is 0.340. The second kappa shape index (κ2) is 6.37. The molecule has 0 saturated heterocycles. The van der Waals surface area contributed by atoms with E-state index < -0.39 is 0 Å². The Balaban J connectivity index is 2.04. The number of aryl methyl sites for hydroxylation is 1. The van der Waals surface area contributed by atoms with Crippen LogP contribution in [0.5, 0.6) is 5.75 Å². The largest absolute Gasteiger partial charge is 0.494 e. The fourth-order valence-electron chi connectivity index (χ4n) is 2.47. The normalized spacial score (nSPS) is 10.3. The van der Waals surface area contributed by atoms with Crippen molar-refractivity contribution in [3.8, 4) is 11.8 Å². The Labute approximate surface area is 135 Å². The Bertz CT molecular complexity index is 879. The highest BCUT2D eigenvalue weighted by molar-refractivity contribution is 5.96. The fraction of sp³-hybridized carbons (Fsp3) is 0.158. The van der Waals surface area contributed by atoms with Crippen LogP contribution in [0.3, 0.4) is 0 Å². The lowest BCUT2D eigenvalue weighted by Gasteiger charge is -2.12. The second-order valence-electron chi connectivity index (χ2n) is 5.26. The Morgan fingerprint density at radius 1 is 1.17 bits per heavy atom. The molecule has 0 aliphatic rings. The molecule has 0 amide bonds. The molecule has 0 atom stereocenters. The molecular weight excluding hydrogens is 286 g/mol. The van der Waals surface area contributed by atoms with Gasteiger partial charge in [0.15, 0.2) is 0 Å². The predicted molar refractivity (Wildman–Crippen MR) is 92.1 cm³/mol. The Morgan fingerprint density at radius 3 is 2.65 bits per heavy atom. The molecule has 114 valence electrons. The average Bonchev–Trinajstić information content (AvgIpc) is 2.57.